The zero-order valence-corrected chi connectivity index (χ0v) is 15.9. The molecule has 0 amide bonds. The molecule has 0 aromatic heterocycles. The highest BCUT2D eigenvalue weighted by atomic mass is 16.5. The third-order valence-electron chi connectivity index (χ3n) is 4.29. The van der Waals surface area contributed by atoms with Crippen LogP contribution >= 0.6 is 0 Å². The lowest BCUT2D eigenvalue weighted by Crippen LogP contribution is -2.09. The number of ether oxygens (including phenoxy) is 5. The Bertz CT molecular complexity index is 714. The maximum Gasteiger partial charge on any atom is 0.211 e. The smallest absolute Gasteiger partial charge is 0.211 e. The lowest BCUT2D eigenvalue weighted by molar-refractivity contribution is 0.0900. The zero-order chi connectivity index (χ0) is 19.1. The van der Waals surface area contributed by atoms with Gasteiger partial charge in [0, 0.05) is 7.11 Å². The van der Waals surface area contributed by atoms with Crippen molar-refractivity contribution in [3.05, 3.63) is 41.5 Å². The minimum Gasteiger partial charge on any atom is -0.504 e. The highest BCUT2D eigenvalue weighted by molar-refractivity contribution is 5.70. The zero-order valence-electron chi connectivity index (χ0n) is 15.9. The maximum absolute atomic E-state index is 10.8. The Morgan fingerprint density at radius 1 is 0.769 bits per heavy atom. The monoisotopic (exact) mass is 362 g/mol. The Hall–Kier alpha value is -2.60. The molecule has 0 radical (unpaired) electrons. The Labute approximate surface area is 154 Å². The molecule has 0 fully saturated rings. The summed E-state index contributed by atoms with van der Waals surface area (Å²) in [7, 11) is 7.54. The molecule has 6 nitrogen and oxygen atoms in total. The normalized spacial score (nSPS) is 11.7. The average Bonchev–Trinajstić information content (AvgIpc) is 2.69. The number of benzene rings is 2. The second-order valence-electron chi connectivity index (χ2n) is 5.64. The van der Waals surface area contributed by atoms with E-state index < -0.39 is 6.10 Å². The van der Waals surface area contributed by atoms with E-state index in [4.69, 9.17) is 23.7 Å². The van der Waals surface area contributed by atoms with Crippen LogP contribution < -0.4 is 18.9 Å². The van der Waals surface area contributed by atoms with Gasteiger partial charge in [0.1, 0.15) is 0 Å². The van der Waals surface area contributed by atoms with Crippen LogP contribution in [-0.4, -0.2) is 40.7 Å². The highest BCUT2D eigenvalue weighted by Gasteiger charge is 2.31. The quantitative estimate of drug-likeness (QED) is 0.733. The van der Waals surface area contributed by atoms with Gasteiger partial charge in [0.05, 0.1) is 40.1 Å². The second kappa shape index (κ2) is 9.20. The Kier molecular flexibility index (Phi) is 6.97. The molecule has 0 spiro atoms. The molecule has 1 N–H and O–H groups in total. The first-order chi connectivity index (χ1) is 12.6. The molecule has 2 rings (SSSR count). The molecule has 0 aliphatic rings. The van der Waals surface area contributed by atoms with Crippen LogP contribution in [0.15, 0.2) is 30.3 Å². The Morgan fingerprint density at radius 3 is 1.81 bits per heavy atom. The minimum absolute atomic E-state index is 0.0816. The molecule has 142 valence electrons. The predicted molar refractivity (Wildman–Crippen MR) is 98.8 cm³/mol. The van der Waals surface area contributed by atoms with Crippen LogP contribution in [0.3, 0.4) is 0 Å². The van der Waals surface area contributed by atoms with E-state index in [-0.39, 0.29) is 17.2 Å². The first-order valence-electron chi connectivity index (χ1n) is 8.28. The Morgan fingerprint density at radius 2 is 1.31 bits per heavy atom. The minimum atomic E-state index is -0.418. The van der Waals surface area contributed by atoms with Gasteiger partial charge in [-0.15, -0.1) is 0 Å². The summed E-state index contributed by atoms with van der Waals surface area (Å²) in [6.45, 7) is 0. The van der Waals surface area contributed by atoms with Gasteiger partial charge in [-0.05, 0) is 18.4 Å². The second-order valence-corrected chi connectivity index (χ2v) is 5.64. The van der Waals surface area contributed by atoms with Crippen LogP contribution in [0.2, 0.25) is 0 Å². The molecule has 0 saturated heterocycles. The van der Waals surface area contributed by atoms with Crippen molar-refractivity contribution in [1.82, 2.24) is 0 Å². The molecule has 0 heterocycles. The number of aromatic hydroxyl groups is 1. The molecule has 26 heavy (non-hydrogen) atoms. The summed E-state index contributed by atoms with van der Waals surface area (Å²) in [6, 6.07) is 10.1. The standard InChI is InChI=1S/C20H26O6/c1-22-14(12-11-13-9-7-6-8-10-13)15-16(21)18(24-3)20(26-5)19(25-4)17(15)23-2/h6-10,14,21H,11-12H2,1-5H3. The van der Waals surface area contributed by atoms with Gasteiger partial charge in [-0.3, -0.25) is 0 Å². The Balaban J connectivity index is 2.50. The number of methoxy groups -OCH3 is 5. The topological polar surface area (TPSA) is 66.4 Å². The average molecular weight is 362 g/mol. The van der Waals surface area contributed by atoms with E-state index in [1.807, 2.05) is 18.2 Å². The summed E-state index contributed by atoms with van der Waals surface area (Å²) in [5, 5.41) is 10.8. The van der Waals surface area contributed by atoms with Crippen molar-refractivity contribution in [3.63, 3.8) is 0 Å². The van der Waals surface area contributed by atoms with Crippen LogP contribution in [0, 0.1) is 0 Å². The summed E-state index contributed by atoms with van der Waals surface area (Å²) in [5.74, 6) is 1.08. The van der Waals surface area contributed by atoms with Gasteiger partial charge >= 0.3 is 0 Å². The van der Waals surface area contributed by atoms with Gasteiger partial charge < -0.3 is 28.8 Å². The summed E-state index contributed by atoms with van der Waals surface area (Å²) in [6.07, 6.45) is 1.00. The van der Waals surface area contributed by atoms with E-state index in [1.54, 1.807) is 7.11 Å². The van der Waals surface area contributed by atoms with E-state index in [1.165, 1.54) is 34.0 Å². The van der Waals surface area contributed by atoms with Crippen molar-refractivity contribution in [2.45, 2.75) is 18.9 Å². The summed E-state index contributed by atoms with van der Waals surface area (Å²) in [4.78, 5) is 0. The largest absolute Gasteiger partial charge is 0.504 e. The lowest BCUT2D eigenvalue weighted by Gasteiger charge is -2.24. The summed E-state index contributed by atoms with van der Waals surface area (Å²) >= 11 is 0. The summed E-state index contributed by atoms with van der Waals surface area (Å²) in [5.41, 5.74) is 1.65. The number of phenolic OH excluding ortho intramolecular Hbond substituents is 1. The van der Waals surface area contributed by atoms with E-state index in [2.05, 4.69) is 12.1 Å². The van der Waals surface area contributed by atoms with Crippen LogP contribution in [0.1, 0.15) is 23.7 Å². The third kappa shape index (κ3) is 3.80. The third-order valence-corrected chi connectivity index (χ3v) is 4.29. The van der Waals surface area contributed by atoms with Crippen molar-refractivity contribution in [1.29, 1.82) is 0 Å². The van der Waals surface area contributed by atoms with Crippen LogP contribution in [-0.2, 0) is 11.2 Å². The SMILES string of the molecule is COc1c(O)c(C(CCc2ccccc2)OC)c(OC)c(OC)c1OC. The van der Waals surface area contributed by atoms with Gasteiger partial charge in [0.2, 0.25) is 17.2 Å². The number of aryl methyl sites for hydroxylation is 1. The molecule has 2 aromatic carbocycles. The molecule has 1 unspecified atom stereocenters. The van der Waals surface area contributed by atoms with E-state index in [9.17, 15) is 5.11 Å². The number of phenols is 1. The van der Waals surface area contributed by atoms with Gasteiger partial charge in [0.15, 0.2) is 11.5 Å². The molecular formula is C20H26O6. The van der Waals surface area contributed by atoms with Crippen molar-refractivity contribution in [2.75, 3.05) is 35.5 Å². The predicted octanol–water partition coefficient (Wildman–Crippen LogP) is 3.75. The van der Waals surface area contributed by atoms with Crippen molar-refractivity contribution >= 4 is 0 Å². The van der Waals surface area contributed by atoms with Crippen LogP contribution in [0.25, 0.3) is 0 Å². The molecule has 0 bridgehead atoms. The van der Waals surface area contributed by atoms with Crippen molar-refractivity contribution < 1.29 is 28.8 Å². The number of hydrogen-bond acceptors (Lipinski definition) is 6. The van der Waals surface area contributed by atoms with Gasteiger partial charge in [0.25, 0.3) is 0 Å². The number of rotatable bonds is 9. The first-order valence-corrected chi connectivity index (χ1v) is 8.28. The van der Waals surface area contributed by atoms with Gasteiger partial charge in [-0.1, -0.05) is 30.3 Å². The fourth-order valence-electron chi connectivity index (χ4n) is 3.05. The van der Waals surface area contributed by atoms with E-state index in [0.717, 1.165) is 6.42 Å². The highest BCUT2D eigenvalue weighted by Crippen LogP contribution is 2.55. The molecule has 6 heteroatoms. The van der Waals surface area contributed by atoms with E-state index in [0.29, 0.717) is 23.5 Å². The van der Waals surface area contributed by atoms with Crippen molar-refractivity contribution in [2.24, 2.45) is 0 Å². The molecule has 1 atom stereocenters. The van der Waals surface area contributed by atoms with Crippen molar-refractivity contribution in [3.8, 4) is 28.7 Å². The number of hydrogen-bond donors (Lipinski definition) is 1. The molecule has 0 aliphatic carbocycles. The molecule has 0 aliphatic heterocycles. The molecular weight excluding hydrogens is 336 g/mol. The van der Waals surface area contributed by atoms with E-state index >= 15 is 0 Å². The van der Waals surface area contributed by atoms with Crippen LogP contribution in [0.4, 0.5) is 0 Å². The summed E-state index contributed by atoms with van der Waals surface area (Å²) < 4.78 is 27.3. The van der Waals surface area contributed by atoms with Gasteiger partial charge in [-0.25, -0.2) is 0 Å². The molecule has 0 saturated carbocycles. The first kappa shape index (κ1) is 19.7. The fraction of sp³-hybridized carbons (Fsp3) is 0.400. The lowest BCUT2D eigenvalue weighted by atomic mass is 9.98. The molecule has 2 aromatic rings. The van der Waals surface area contributed by atoms with Gasteiger partial charge in [-0.2, -0.15) is 0 Å². The maximum atomic E-state index is 10.8. The van der Waals surface area contributed by atoms with Crippen LogP contribution in [0.5, 0.6) is 28.7 Å². The fourth-order valence-corrected chi connectivity index (χ4v) is 3.05.